The molecule has 1 amide bonds. The van der Waals surface area contributed by atoms with E-state index in [1.54, 1.807) is 11.8 Å². The van der Waals surface area contributed by atoms with Gasteiger partial charge in [-0.3, -0.25) is 4.79 Å². The summed E-state index contributed by atoms with van der Waals surface area (Å²) in [6.45, 7) is 1.97. The maximum absolute atomic E-state index is 12.7. The largest absolute Gasteiger partial charge is 0.496 e. The molecule has 30 heavy (non-hydrogen) atoms. The van der Waals surface area contributed by atoms with Gasteiger partial charge in [-0.05, 0) is 37.3 Å². The van der Waals surface area contributed by atoms with Gasteiger partial charge in [0.2, 0.25) is 11.9 Å². The van der Waals surface area contributed by atoms with Crippen molar-refractivity contribution in [3.8, 4) is 11.7 Å². The van der Waals surface area contributed by atoms with Crippen LogP contribution in [0.5, 0.6) is 5.75 Å². The average molecular weight is 466 g/mol. The molecular weight excluding hydrogens is 446 g/mol. The van der Waals surface area contributed by atoms with Crippen molar-refractivity contribution < 1.29 is 9.53 Å². The number of nitrogens with one attached hydrogen (secondary N) is 1. The van der Waals surface area contributed by atoms with Crippen molar-refractivity contribution in [3.05, 3.63) is 63.8 Å². The fraction of sp³-hybridized carbons (Fsp3) is 0.227. The number of halogens is 1. The van der Waals surface area contributed by atoms with Crippen molar-refractivity contribution in [3.63, 3.8) is 0 Å². The first kappa shape index (κ1) is 18.9. The van der Waals surface area contributed by atoms with Crippen LogP contribution < -0.4 is 10.1 Å². The van der Waals surface area contributed by atoms with Gasteiger partial charge in [-0.2, -0.15) is 9.78 Å². The van der Waals surface area contributed by atoms with Gasteiger partial charge in [0.15, 0.2) is 0 Å². The van der Waals surface area contributed by atoms with Crippen molar-refractivity contribution >= 4 is 38.7 Å². The third kappa shape index (κ3) is 2.82. The summed E-state index contributed by atoms with van der Waals surface area (Å²) in [6.07, 6.45) is 0.328. The van der Waals surface area contributed by atoms with Crippen LogP contribution in [-0.4, -0.2) is 32.3 Å². The zero-order valence-electron chi connectivity index (χ0n) is 16.8. The Bertz CT molecular complexity index is 1310. The number of imidazole rings is 1. The van der Waals surface area contributed by atoms with Crippen LogP contribution >= 0.6 is 15.9 Å². The van der Waals surface area contributed by atoms with E-state index in [0.717, 1.165) is 38.1 Å². The number of carbonyl (C=O) groups is 1. The van der Waals surface area contributed by atoms with Crippen LogP contribution in [-0.2, 0) is 11.8 Å². The van der Waals surface area contributed by atoms with Crippen LogP contribution in [0.3, 0.4) is 0 Å². The van der Waals surface area contributed by atoms with E-state index in [1.807, 2.05) is 61.0 Å². The van der Waals surface area contributed by atoms with E-state index >= 15 is 0 Å². The van der Waals surface area contributed by atoms with E-state index in [4.69, 9.17) is 14.8 Å². The summed E-state index contributed by atoms with van der Waals surface area (Å²) in [5, 5.41) is 7.80. The minimum Gasteiger partial charge on any atom is -0.496 e. The normalized spacial score (nSPS) is 15.9. The van der Waals surface area contributed by atoms with E-state index in [2.05, 4.69) is 21.2 Å². The van der Waals surface area contributed by atoms with Gasteiger partial charge in [0, 0.05) is 35.0 Å². The first-order valence-electron chi connectivity index (χ1n) is 9.62. The van der Waals surface area contributed by atoms with E-state index in [1.165, 1.54) is 0 Å². The molecule has 2 aromatic heterocycles. The van der Waals surface area contributed by atoms with Crippen molar-refractivity contribution in [2.45, 2.75) is 19.3 Å². The molecule has 1 N–H and O–H groups in total. The number of carbonyl (C=O) groups excluding carboxylic acids is 1. The number of aromatic nitrogens is 4. The zero-order valence-corrected chi connectivity index (χ0v) is 18.4. The van der Waals surface area contributed by atoms with Crippen LogP contribution in [0.1, 0.15) is 29.2 Å². The molecule has 0 saturated heterocycles. The van der Waals surface area contributed by atoms with Gasteiger partial charge in [-0.1, -0.05) is 28.1 Å². The second-order valence-electron chi connectivity index (χ2n) is 7.41. The summed E-state index contributed by atoms with van der Waals surface area (Å²) >= 11 is 3.55. The first-order chi connectivity index (χ1) is 14.5. The Morgan fingerprint density at radius 2 is 2.03 bits per heavy atom. The van der Waals surface area contributed by atoms with Crippen molar-refractivity contribution in [1.29, 1.82) is 0 Å². The molecule has 1 atom stereocenters. The maximum atomic E-state index is 12.7. The number of hydrogen-bond donors (Lipinski definition) is 1. The Balaban J connectivity index is 1.73. The van der Waals surface area contributed by atoms with Crippen molar-refractivity contribution in [1.82, 2.24) is 19.3 Å². The molecule has 1 aliphatic heterocycles. The fourth-order valence-electron chi connectivity index (χ4n) is 4.26. The monoisotopic (exact) mass is 465 g/mol. The molecule has 2 aromatic carbocycles. The summed E-state index contributed by atoms with van der Waals surface area (Å²) < 4.78 is 10.3. The number of methoxy groups -OCH3 is 1. The first-order valence-corrected chi connectivity index (χ1v) is 10.4. The number of nitrogens with zero attached hydrogens (tertiary/aromatic N) is 4. The lowest BCUT2D eigenvalue weighted by Gasteiger charge is -2.25. The SMILES string of the molecule is COc1ccc(Br)cc1[C@@H]1CC(=O)Nc2c1c(C)nn2-c1nc2ccccc2n1C. The second-order valence-corrected chi connectivity index (χ2v) is 8.33. The number of para-hydroxylation sites is 2. The Morgan fingerprint density at radius 3 is 2.80 bits per heavy atom. The van der Waals surface area contributed by atoms with Gasteiger partial charge >= 0.3 is 0 Å². The van der Waals surface area contributed by atoms with Crippen LogP contribution in [0.25, 0.3) is 17.0 Å². The van der Waals surface area contributed by atoms with E-state index in [0.29, 0.717) is 18.2 Å². The van der Waals surface area contributed by atoms with Gasteiger partial charge in [-0.25, -0.2) is 4.98 Å². The number of amides is 1. The molecule has 0 bridgehead atoms. The van der Waals surface area contributed by atoms with Gasteiger partial charge < -0.3 is 14.6 Å². The molecule has 0 saturated carbocycles. The molecule has 0 radical (unpaired) electrons. The Kier molecular flexibility index (Phi) is 4.39. The lowest BCUT2D eigenvalue weighted by Crippen LogP contribution is -2.25. The van der Waals surface area contributed by atoms with E-state index < -0.39 is 0 Å². The number of rotatable bonds is 3. The van der Waals surface area contributed by atoms with Crippen molar-refractivity contribution in [2.75, 3.05) is 12.4 Å². The predicted octanol–water partition coefficient (Wildman–Crippen LogP) is 4.31. The van der Waals surface area contributed by atoms with Crippen LogP contribution in [0, 0.1) is 6.92 Å². The summed E-state index contributed by atoms with van der Waals surface area (Å²) in [5.74, 6) is 1.84. The van der Waals surface area contributed by atoms with E-state index in [9.17, 15) is 4.79 Å². The molecule has 152 valence electrons. The number of ether oxygens (including phenoxy) is 1. The molecule has 5 rings (SSSR count). The predicted molar refractivity (Wildman–Crippen MR) is 118 cm³/mol. The third-order valence-corrected chi connectivity index (χ3v) is 6.12. The molecule has 0 aliphatic carbocycles. The number of aryl methyl sites for hydroxylation is 2. The number of fused-ring (bicyclic) bond motifs is 2. The molecule has 3 heterocycles. The Hall–Kier alpha value is -3.13. The number of anilines is 1. The Morgan fingerprint density at radius 1 is 1.23 bits per heavy atom. The highest BCUT2D eigenvalue weighted by atomic mass is 79.9. The summed E-state index contributed by atoms with van der Waals surface area (Å²) in [6, 6.07) is 13.8. The van der Waals surface area contributed by atoms with Gasteiger partial charge in [0.1, 0.15) is 11.6 Å². The van der Waals surface area contributed by atoms with Crippen LogP contribution in [0.15, 0.2) is 46.9 Å². The third-order valence-electron chi connectivity index (χ3n) is 5.62. The molecule has 0 fully saturated rings. The van der Waals surface area contributed by atoms with Gasteiger partial charge in [0.05, 0.1) is 23.8 Å². The maximum Gasteiger partial charge on any atom is 0.233 e. The standard InChI is InChI=1S/C22H20BrN5O2/c1-12-20-15(14-10-13(23)8-9-18(14)30-3)11-19(29)25-21(20)28(26-12)22-24-16-6-4-5-7-17(16)27(22)2/h4-10,15H,11H2,1-3H3,(H,25,29)/t15-/m0/s1. The molecule has 0 spiro atoms. The molecule has 7 nitrogen and oxygen atoms in total. The topological polar surface area (TPSA) is 74.0 Å². The second kappa shape index (κ2) is 6.98. The molecule has 0 unspecified atom stereocenters. The molecule has 4 aromatic rings. The van der Waals surface area contributed by atoms with Crippen LogP contribution in [0.4, 0.5) is 5.82 Å². The Labute approximate surface area is 181 Å². The fourth-order valence-corrected chi connectivity index (χ4v) is 4.64. The lowest BCUT2D eigenvalue weighted by atomic mass is 9.85. The lowest BCUT2D eigenvalue weighted by molar-refractivity contribution is -0.116. The minimum atomic E-state index is -0.162. The van der Waals surface area contributed by atoms with Gasteiger partial charge in [-0.15, -0.1) is 0 Å². The van der Waals surface area contributed by atoms with Crippen LogP contribution in [0.2, 0.25) is 0 Å². The summed E-state index contributed by atoms with van der Waals surface area (Å²) in [4.78, 5) is 17.5. The zero-order chi connectivity index (χ0) is 21.0. The number of hydrogen-bond acceptors (Lipinski definition) is 4. The summed E-state index contributed by atoms with van der Waals surface area (Å²) in [5.41, 5.74) is 4.67. The van der Waals surface area contributed by atoms with E-state index in [-0.39, 0.29) is 11.8 Å². The molecule has 8 heteroatoms. The summed E-state index contributed by atoms with van der Waals surface area (Å²) in [7, 11) is 3.60. The molecular formula is C22H20BrN5O2. The quantitative estimate of drug-likeness (QED) is 0.489. The molecule has 1 aliphatic rings. The number of benzene rings is 2. The minimum absolute atomic E-state index is 0.0607. The average Bonchev–Trinajstić information content (AvgIpc) is 3.24. The highest BCUT2D eigenvalue weighted by Gasteiger charge is 2.35. The highest BCUT2D eigenvalue weighted by Crippen LogP contribution is 2.43. The highest BCUT2D eigenvalue weighted by molar-refractivity contribution is 9.10. The smallest absolute Gasteiger partial charge is 0.233 e. The van der Waals surface area contributed by atoms with Gasteiger partial charge in [0.25, 0.3) is 0 Å². The van der Waals surface area contributed by atoms with Crippen molar-refractivity contribution in [2.24, 2.45) is 7.05 Å².